The number of carbonyl (C=O) groups excluding carboxylic acids is 2. The molecule has 0 aliphatic heterocycles. The Hall–Kier alpha value is -3.57. The molecule has 12 heteroatoms. The molecule has 0 bridgehead atoms. The van der Waals surface area contributed by atoms with E-state index < -0.39 is 35.8 Å². The lowest BCUT2D eigenvalue weighted by atomic mass is 10.1. The van der Waals surface area contributed by atoms with Crippen molar-refractivity contribution in [3.63, 3.8) is 0 Å². The number of anilines is 1. The average molecular weight is 443 g/mol. The number of carboxylic acid groups (broad SMARTS) is 1. The first kappa shape index (κ1) is 23.7. The highest BCUT2D eigenvalue weighted by atomic mass is 19.4. The molecule has 0 radical (unpaired) electrons. The minimum Gasteiger partial charge on any atom is -0.465 e. The predicted molar refractivity (Wildman–Crippen MR) is 104 cm³/mol. The fraction of sp³-hybridized carbons (Fsp3) is 0.368. The third-order valence-corrected chi connectivity index (χ3v) is 4.29. The van der Waals surface area contributed by atoms with Gasteiger partial charge in [-0.3, -0.25) is 9.59 Å². The Morgan fingerprint density at radius 1 is 1.16 bits per heavy atom. The summed E-state index contributed by atoms with van der Waals surface area (Å²) in [5.41, 5.74) is 0.386. The summed E-state index contributed by atoms with van der Waals surface area (Å²) in [5.74, 6) is -3.17. The molecular weight excluding hydrogens is 423 g/mol. The van der Waals surface area contributed by atoms with Gasteiger partial charge in [0, 0.05) is 29.8 Å². The van der Waals surface area contributed by atoms with Crippen LogP contribution in [0.3, 0.4) is 0 Å². The van der Waals surface area contributed by atoms with Crippen molar-refractivity contribution < 1.29 is 37.1 Å². The molecule has 3 amide bonds. The van der Waals surface area contributed by atoms with Crippen LogP contribution in [0, 0.1) is 6.92 Å². The molecule has 0 saturated carbocycles. The quantitative estimate of drug-likeness (QED) is 0.365. The van der Waals surface area contributed by atoms with Crippen molar-refractivity contribution in [3.05, 3.63) is 40.2 Å². The molecule has 9 nitrogen and oxygen atoms in total. The van der Waals surface area contributed by atoms with Gasteiger partial charge in [0.05, 0.1) is 0 Å². The number of alkyl halides is 3. The van der Waals surface area contributed by atoms with Crippen LogP contribution in [0.25, 0.3) is 11.0 Å². The summed E-state index contributed by atoms with van der Waals surface area (Å²) in [6, 6.07) is 4.18. The Labute approximate surface area is 173 Å². The third-order valence-electron chi connectivity index (χ3n) is 4.29. The van der Waals surface area contributed by atoms with Gasteiger partial charge in [-0.25, -0.2) is 9.59 Å². The highest BCUT2D eigenvalue weighted by Crippen LogP contribution is 2.21. The predicted octanol–water partition coefficient (Wildman–Crippen LogP) is 2.52. The molecule has 0 saturated heterocycles. The minimum atomic E-state index is -5.17. The van der Waals surface area contributed by atoms with E-state index in [0.29, 0.717) is 10.9 Å². The van der Waals surface area contributed by atoms with Crippen molar-refractivity contribution in [1.29, 1.82) is 0 Å². The fourth-order valence-corrected chi connectivity index (χ4v) is 2.81. The van der Waals surface area contributed by atoms with Crippen LogP contribution in [0.2, 0.25) is 0 Å². The maximum absolute atomic E-state index is 12.6. The second-order valence-corrected chi connectivity index (χ2v) is 6.70. The number of halogens is 3. The van der Waals surface area contributed by atoms with Crippen LogP contribution in [-0.2, 0) is 9.59 Å². The molecule has 31 heavy (non-hydrogen) atoms. The zero-order chi connectivity index (χ0) is 23.2. The number of amides is 3. The summed E-state index contributed by atoms with van der Waals surface area (Å²) in [6.07, 6.45) is -6.16. The number of unbranched alkanes of at least 4 members (excludes halogenated alkanes) is 1. The largest absolute Gasteiger partial charge is 0.471 e. The Morgan fingerprint density at radius 2 is 1.87 bits per heavy atom. The van der Waals surface area contributed by atoms with E-state index in [-0.39, 0.29) is 37.1 Å². The average Bonchev–Trinajstić information content (AvgIpc) is 2.65. The first-order valence-electron chi connectivity index (χ1n) is 9.17. The standard InChI is InChI=1S/C19H20F3N3O6/c1-10-8-15(26)31-14-9-11(5-6-12(10)14)24-16(27)13(25-17(28)19(20,21)22)4-2-3-7-23-18(29)30/h5-6,8-9,13,23H,2-4,7H2,1H3,(H,24,27)(H,25,28)(H,29,30). The smallest absolute Gasteiger partial charge is 0.465 e. The Balaban J connectivity index is 2.13. The van der Waals surface area contributed by atoms with Gasteiger partial charge in [0.15, 0.2) is 0 Å². The molecule has 1 heterocycles. The topological polar surface area (TPSA) is 138 Å². The normalized spacial score (nSPS) is 12.3. The van der Waals surface area contributed by atoms with Gasteiger partial charge in [-0.1, -0.05) is 0 Å². The molecule has 0 fully saturated rings. The van der Waals surface area contributed by atoms with Crippen molar-refractivity contribution >= 4 is 34.6 Å². The number of nitrogens with one attached hydrogen (secondary N) is 3. The minimum absolute atomic E-state index is 0.0416. The van der Waals surface area contributed by atoms with Gasteiger partial charge in [-0.15, -0.1) is 0 Å². The summed E-state index contributed by atoms with van der Waals surface area (Å²) in [4.78, 5) is 45.8. The fourth-order valence-electron chi connectivity index (χ4n) is 2.81. The molecule has 4 N–H and O–H groups in total. The van der Waals surface area contributed by atoms with Crippen LogP contribution in [0.1, 0.15) is 24.8 Å². The second kappa shape index (κ2) is 9.96. The molecule has 2 rings (SSSR count). The Morgan fingerprint density at radius 3 is 2.52 bits per heavy atom. The summed E-state index contributed by atoms with van der Waals surface area (Å²) in [6.45, 7) is 1.74. The van der Waals surface area contributed by atoms with E-state index >= 15 is 0 Å². The number of benzene rings is 1. The van der Waals surface area contributed by atoms with Gasteiger partial charge < -0.3 is 25.5 Å². The first-order chi connectivity index (χ1) is 14.5. The van der Waals surface area contributed by atoms with Gasteiger partial charge in [-0.2, -0.15) is 13.2 Å². The summed E-state index contributed by atoms with van der Waals surface area (Å²) >= 11 is 0. The van der Waals surface area contributed by atoms with E-state index in [2.05, 4.69) is 10.6 Å². The Kier molecular flexibility index (Phi) is 7.61. The van der Waals surface area contributed by atoms with Gasteiger partial charge in [-0.05, 0) is 43.9 Å². The summed E-state index contributed by atoms with van der Waals surface area (Å²) < 4.78 is 42.9. The van der Waals surface area contributed by atoms with Crippen molar-refractivity contribution in [1.82, 2.24) is 10.6 Å². The highest BCUT2D eigenvalue weighted by molar-refractivity contribution is 5.99. The van der Waals surface area contributed by atoms with Gasteiger partial charge in [0.25, 0.3) is 0 Å². The van der Waals surface area contributed by atoms with Crippen molar-refractivity contribution in [2.45, 2.75) is 38.4 Å². The van der Waals surface area contributed by atoms with Crippen LogP contribution in [0.5, 0.6) is 0 Å². The molecule has 2 aromatic rings. The van der Waals surface area contributed by atoms with Gasteiger partial charge in [0.2, 0.25) is 5.91 Å². The lowest BCUT2D eigenvalue weighted by Crippen LogP contribution is -2.48. The van der Waals surface area contributed by atoms with Crippen molar-refractivity contribution in [2.75, 3.05) is 11.9 Å². The number of hydrogen-bond acceptors (Lipinski definition) is 5. The van der Waals surface area contributed by atoms with E-state index in [9.17, 15) is 32.3 Å². The monoisotopic (exact) mass is 443 g/mol. The van der Waals surface area contributed by atoms with Crippen molar-refractivity contribution in [2.24, 2.45) is 0 Å². The van der Waals surface area contributed by atoms with Gasteiger partial charge in [0.1, 0.15) is 11.6 Å². The van der Waals surface area contributed by atoms with Gasteiger partial charge >= 0.3 is 23.8 Å². The highest BCUT2D eigenvalue weighted by Gasteiger charge is 2.40. The molecule has 1 atom stereocenters. The Bertz CT molecular complexity index is 1030. The van der Waals surface area contributed by atoms with E-state index in [0.717, 1.165) is 0 Å². The second-order valence-electron chi connectivity index (χ2n) is 6.70. The number of carbonyl (C=O) groups is 3. The van der Waals surface area contributed by atoms with Crippen LogP contribution in [0.15, 0.2) is 33.5 Å². The third kappa shape index (κ3) is 7.01. The molecule has 0 aliphatic rings. The maximum Gasteiger partial charge on any atom is 0.471 e. The lowest BCUT2D eigenvalue weighted by Gasteiger charge is -2.19. The van der Waals surface area contributed by atoms with Crippen molar-refractivity contribution in [3.8, 4) is 0 Å². The van der Waals surface area contributed by atoms with E-state index in [1.165, 1.54) is 18.2 Å². The number of aryl methyl sites for hydroxylation is 1. The van der Waals surface area contributed by atoms with Crippen LogP contribution in [0.4, 0.5) is 23.7 Å². The first-order valence-corrected chi connectivity index (χ1v) is 9.17. The van der Waals surface area contributed by atoms with E-state index in [4.69, 9.17) is 9.52 Å². The SMILES string of the molecule is Cc1cc(=O)oc2cc(NC(=O)C(CCCCNC(=O)O)NC(=O)C(F)(F)F)ccc12. The molecule has 1 aromatic carbocycles. The van der Waals surface area contributed by atoms with Crippen LogP contribution < -0.4 is 21.6 Å². The zero-order valence-corrected chi connectivity index (χ0v) is 16.3. The van der Waals surface area contributed by atoms with E-state index in [1.807, 2.05) is 0 Å². The van der Waals surface area contributed by atoms with E-state index in [1.54, 1.807) is 18.3 Å². The van der Waals surface area contributed by atoms with Crippen LogP contribution in [-0.4, -0.2) is 41.8 Å². The number of hydrogen-bond donors (Lipinski definition) is 4. The van der Waals surface area contributed by atoms with Crippen LogP contribution >= 0.6 is 0 Å². The molecule has 168 valence electrons. The summed E-state index contributed by atoms with van der Waals surface area (Å²) in [5, 5.41) is 15.3. The lowest BCUT2D eigenvalue weighted by molar-refractivity contribution is -0.174. The molecule has 0 aliphatic carbocycles. The number of rotatable bonds is 8. The molecule has 1 aromatic heterocycles. The zero-order valence-electron chi connectivity index (χ0n) is 16.3. The number of fused-ring (bicyclic) bond motifs is 1. The molecule has 1 unspecified atom stereocenters. The molecular formula is C19H20F3N3O6. The summed E-state index contributed by atoms with van der Waals surface area (Å²) in [7, 11) is 0. The maximum atomic E-state index is 12.6. The molecule has 0 spiro atoms.